The number of ether oxygens (including phenoxy) is 1. The van der Waals surface area contributed by atoms with E-state index in [1.54, 1.807) is 11.3 Å². The van der Waals surface area contributed by atoms with Crippen LogP contribution in [0.3, 0.4) is 0 Å². The van der Waals surface area contributed by atoms with E-state index in [4.69, 9.17) is 16.3 Å². The van der Waals surface area contributed by atoms with Crippen LogP contribution in [0.2, 0.25) is 5.15 Å². The first kappa shape index (κ1) is 18.9. The first-order valence-corrected chi connectivity index (χ1v) is 10.3. The number of esters is 1. The van der Waals surface area contributed by atoms with Gasteiger partial charge in [-0.2, -0.15) is 0 Å². The topological polar surface area (TPSA) is 45.7 Å². The van der Waals surface area contributed by atoms with Gasteiger partial charge in [0.1, 0.15) is 5.15 Å². The maximum Gasteiger partial charge on any atom is 0.312 e. The van der Waals surface area contributed by atoms with Crippen LogP contribution in [0.25, 0.3) is 0 Å². The molecule has 1 aliphatic carbocycles. The molecule has 0 spiro atoms. The number of anilines is 1. The molecule has 1 aromatic rings. The Kier molecular flexibility index (Phi) is 5.91. The fraction of sp³-hybridized carbons (Fsp3) is 0.778. The van der Waals surface area contributed by atoms with E-state index in [2.05, 4.69) is 9.88 Å². The van der Waals surface area contributed by atoms with Gasteiger partial charge in [0.2, 0.25) is 0 Å². The van der Waals surface area contributed by atoms with Crippen LogP contribution >= 0.6 is 22.9 Å². The number of likely N-dealkylation sites (tertiary alicyclic amines) is 1. The fourth-order valence-corrected chi connectivity index (χ4v) is 4.83. The number of carbonyl (C=O) groups is 1. The smallest absolute Gasteiger partial charge is 0.312 e. The number of aromatic nitrogens is 1. The Hall–Kier alpha value is -0.850. The number of nitrogens with zero attached hydrogens (tertiary/aromatic N) is 3. The van der Waals surface area contributed by atoms with Crippen molar-refractivity contribution >= 4 is 34.0 Å². The number of hydrogen-bond donors (Lipinski definition) is 0. The molecular weight excluding hydrogens is 358 g/mol. The number of thiazole rings is 1. The molecule has 7 heteroatoms. The molecule has 1 saturated carbocycles. The molecule has 2 heterocycles. The summed E-state index contributed by atoms with van der Waals surface area (Å²) in [5.41, 5.74) is -0.264. The molecule has 1 aromatic heterocycles. The summed E-state index contributed by atoms with van der Waals surface area (Å²) in [6.07, 6.45) is 5.33. The monoisotopic (exact) mass is 385 g/mol. The zero-order chi connectivity index (χ0) is 18.0. The van der Waals surface area contributed by atoms with Gasteiger partial charge in [-0.1, -0.05) is 35.8 Å². The predicted octanol–water partition coefficient (Wildman–Crippen LogP) is 3.81. The van der Waals surface area contributed by atoms with Crippen molar-refractivity contribution in [2.45, 2.75) is 45.6 Å². The Bertz CT molecular complexity index is 607. The quantitative estimate of drug-likeness (QED) is 0.668. The summed E-state index contributed by atoms with van der Waals surface area (Å²) < 4.78 is 5.42. The molecule has 0 radical (unpaired) electrons. The van der Waals surface area contributed by atoms with Gasteiger partial charge >= 0.3 is 5.97 Å². The predicted molar refractivity (Wildman–Crippen MR) is 102 cm³/mol. The molecule has 0 bridgehead atoms. The summed E-state index contributed by atoms with van der Waals surface area (Å²) >= 11 is 7.95. The van der Waals surface area contributed by atoms with Crippen LogP contribution in [-0.2, 0) is 16.1 Å². The summed E-state index contributed by atoms with van der Waals surface area (Å²) in [5, 5.41) is 1.54. The van der Waals surface area contributed by atoms with Gasteiger partial charge in [0, 0.05) is 20.6 Å². The van der Waals surface area contributed by atoms with Gasteiger partial charge < -0.3 is 9.64 Å². The fourth-order valence-electron chi connectivity index (χ4n) is 3.60. The minimum atomic E-state index is -0.264. The summed E-state index contributed by atoms with van der Waals surface area (Å²) in [7, 11) is 3.96. The molecule has 2 aliphatic rings. The van der Waals surface area contributed by atoms with Gasteiger partial charge in [0.25, 0.3) is 0 Å². The summed E-state index contributed by atoms with van der Waals surface area (Å²) in [6, 6.07) is 0. The third-order valence-electron chi connectivity index (χ3n) is 5.29. The van der Waals surface area contributed by atoms with Crippen LogP contribution in [0.15, 0.2) is 0 Å². The lowest BCUT2D eigenvalue weighted by atomic mass is 9.74. The van der Waals surface area contributed by atoms with E-state index < -0.39 is 0 Å². The van der Waals surface area contributed by atoms with Gasteiger partial charge in [-0.15, -0.1) is 0 Å². The average Bonchev–Trinajstić information content (AvgIpc) is 3.31. The van der Waals surface area contributed by atoms with Crippen molar-refractivity contribution < 1.29 is 9.53 Å². The molecule has 140 valence electrons. The molecule has 0 atom stereocenters. The molecule has 0 amide bonds. The lowest BCUT2D eigenvalue weighted by molar-refractivity contribution is -0.159. The Morgan fingerprint density at radius 1 is 1.40 bits per heavy atom. The lowest BCUT2D eigenvalue weighted by Gasteiger charge is -2.40. The van der Waals surface area contributed by atoms with Crippen LogP contribution < -0.4 is 4.90 Å². The molecule has 1 aliphatic heterocycles. The molecule has 2 fully saturated rings. The highest BCUT2D eigenvalue weighted by Crippen LogP contribution is 2.46. The van der Waals surface area contributed by atoms with Crippen LogP contribution in [0.4, 0.5) is 5.13 Å². The third kappa shape index (κ3) is 4.47. The molecule has 25 heavy (non-hydrogen) atoms. The first-order valence-electron chi connectivity index (χ1n) is 9.15. The van der Waals surface area contributed by atoms with Gasteiger partial charge in [0.05, 0.1) is 16.9 Å². The van der Waals surface area contributed by atoms with E-state index in [0.29, 0.717) is 11.8 Å². The zero-order valence-corrected chi connectivity index (χ0v) is 17.0. The van der Waals surface area contributed by atoms with Crippen molar-refractivity contribution in [2.75, 3.05) is 38.7 Å². The van der Waals surface area contributed by atoms with Gasteiger partial charge in [-0.3, -0.25) is 9.69 Å². The Morgan fingerprint density at radius 2 is 2.08 bits per heavy atom. The standard InChI is InChI=1S/C18H28ClN3O2S/c1-4-24-16(23)18(11-13-5-6-13)7-9-22(10-8-18)12-14-15(19)20-17(25-14)21(2)3/h13H,4-12H2,1-3H3. The van der Waals surface area contributed by atoms with Crippen LogP contribution in [0, 0.1) is 11.3 Å². The van der Waals surface area contributed by atoms with E-state index in [-0.39, 0.29) is 11.4 Å². The SMILES string of the molecule is CCOC(=O)C1(CC2CC2)CCN(Cc2sc(N(C)C)nc2Cl)CC1. The molecule has 1 saturated heterocycles. The second-order valence-electron chi connectivity index (χ2n) is 7.53. The number of rotatable bonds is 7. The number of carbonyl (C=O) groups excluding carboxylic acids is 1. The number of piperidine rings is 1. The maximum absolute atomic E-state index is 12.6. The van der Waals surface area contributed by atoms with Crippen LogP contribution in [0.5, 0.6) is 0 Å². The summed E-state index contributed by atoms with van der Waals surface area (Å²) in [5.74, 6) is 0.752. The number of halogens is 1. The van der Waals surface area contributed by atoms with Gasteiger partial charge in [-0.25, -0.2) is 4.98 Å². The number of hydrogen-bond acceptors (Lipinski definition) is 6. The lowest BCUT2D eigenvalue weighted by Crippen LogP contribution is -2.45. The molecule has 0 aromatic carbocycles. The Labute approximate surface area is 159 Å². The van der Waals surface area contributed by atoms with Crippen molar-refractivity contribution in [1.29, 1.82) is 0 Å². The molecule has 5 nitrogen and oxygen atoms in total. The minimum absolute atomic E-state index is 0.0206. The molecule has 0 N–H and O–H groups in total. The van der Waals surface area contributed by atoms with E-state index in [9.17, 15) is 4.79 Å². The maximum atomic E-state index is 12.6. The van der Waals surface area contributed by atoms with E-state index >= 15 is 0 Å². The van der Waals surface area contributed by atoms with E-state index in [1.807, 2.05) is 25.9 Å². The zero-order valence-electron chi connectivity index (χ0n) is 15.4. The first-order chi connectivity index (χ1) is 11.9. The van der Waals surface area contributed by atoms with E-state index in [1.165, 1.54) is 12.8 Å². The Morgan fingerprint density at radius 3 is 2.60 bits per heavy atom. The van der Waals surface area contributed by atoms with Crippen molar-refractivity contribution in [3.05, 3.63) is 10.0 Å². The average molecular weight is 386 g/mol. The minimum Gasteiger partial charge on any atom is -0.466 e. The Balaban J connectivity index is 1.62. The highest BCUT2D eigenvalue weighted by atomic mass is 35.5. The van der Waals surface area contributed by atoms with Gasteiger partial charge in [0.15, 0.2) is 5.13 Å². The summed E-state index contributed by atoms with van der Waals surface area (Å²) in [6.45, 7) is 5.01. The molecular formula is C18H28ClN3O2S. The second kappa shape index (κ2) is 7.80. The van der Waals surface area contributed by atoms with Crippen molar-refractivity contribution in [3.8, 4) is 0 Å². The molecule has 3 rings (SSSR count). The normalized spacial score (nSPS) is 20.5. The highest BCUT2D eigenvalue weighted by molar-refractivity contribution is 7.16. The second-order valence-corrected chi connectivity index (χ2v) is 8.95. The molecule has 0 unspecified atom stereocenters. The van der Waals surface area contributed by atoms with E-state index in [0.717, 1.165) is 54.8 Å². The summed E-state index contributed by atoms with van der Waals surface area (Å²) in [4.78, 5) is 22.5. The van der Waals surface area contributed by atoms with Crippen molar-refractivity contribution in [1.82, 2.24) is 9.88 Å². The van der Waals surface area contributed by atoms with Crippen molar-refractivity contribution in [2.24, 2.45) is 11.3 Å². The third-order valence-corrected chi connectivity index (χ3v) is 6.92. The van der Waals surface area contributed by atoms with Crippen LogP contribution in [-0.4, -0.2) is 49.6 Å². The van der Waals surface area contributed by atoms with Crippen molar-refractivity contribution in [3.63, 3.8) is 0 Å². The van der Waals surface area contributed by atoms with Crippen LogP contribution in [0.1, 0.15) is 43.9 Å². The van der Waals surface area contributed by atoms with Gasteiger partial charge in [-0.05, 0) is 45.2 Å². The highest BCUT2D eigenvalue weighted by Gasteiger charge is 2.46. The largest absolute Gasteiger partial charge is 0.466 e.